The summed E-state index contributed by atoms with van der Waals surface area (Å²) in [6.07, 6.45) is 2.77. The molecule has 1 aromatic carbocycles. The van der Waals surface area contributed by atoms with Gasteiger partial charge in [-0.15, -0.1) is 0 Å². The van der Waals surface area contributed by atoms with Gasteiger partial charge in [0.25, 0.3) is 0 Å². The fraction of sp³-hybridized carbons (Fsp3) is 0.522. The van der Waals surface area contributed by atoms with Crippen molar-refractivity contribution in [3.63, 3.8) is 0 Å². The Morgan fingerprint density at radius 3 is 2.61 bits per heavy atom. The lowest BCUT2D eigenvalue weighted by Crippen LogP contribution is -2.51. The van der Waals surface area contributed by atoms with Gasteiger partial charge in [-0.05, 0) is 43.9 Å². The number of aryl methyl sites for hydroxylation is 1. The van der Waals surface area contributed by atoms with Crippen LogP contribution >= 0.6 is 0 Å². The minimum atomic E-state index is -0.405. The molecule has 0 spiro atoms. The number of ether oxygens (including phenoxy) is 1. The van der Waals surface area contributed by atoms with Crippen molar-refractivity contribution >= 4 is 22.8 Å². The fourth-order valence-corrected chi connectivity index (χ4v) is 4.04. The number of amides is 2. The first-order valence-corrected chi connectivity index (χ1v) is 10.8. The summed E-state index contributed by atoms with van der Waals surface area (Å²) in [5, 5.41) is 3.84. The van der Waals surface area contributed by atoms with Crippen molar-refractivity contribution in [1.82, 2.24) is 15.1 Å². The molecular formula is C23H29N3O5. The van der Waals surface area contributed by atoms with E-state index in [1.54, 1.807) is 13.2 Å². The van der Waals surface area contributed by atoms with Crippen LogP contribution in [0.5, 0.6) is 5.75 Å². The van der Waals surface area contributed by atoms with Crippen LogP contribution in [0.3, 0.4) is 0 Å². The lowest BCUT2D eigenvalue weighted by Gasteiger charge is -2.34. The van der Waals surface area contributed by atoms with Gasteiger partial charge in [0.05, 0.1) is 13.7 Å². The second kappa shape index (κ2) is 9.09. The molecule has 1 aliphatic carbocycles. The van der Waals surface area contributed by atoms with E-state index in [9.17, 15) is 14.4 Å². The number of hydrogen-bond donors (Lipinski definition) is 1. The Morgan fingerprint density at radius 2 is 1.94 bits per heavy atom. The van der Waals surface area contributed by atoms with E-state index in [4.69, 9.17) is 9.15 Å². The Kier molecular flexibility index (Phi) is 6.27. The summed E-state index contributed by atoms with van der Waals surface area (Å²) in [5.41, 5.74) is 1.46. The minimum absolute atomic E-state index is 0.0238. The molecule has 0 atom stereocenters. The maximum Gasteiger partial charge on any atom is 0.339 e. The van der Waals surface area contributed by atoms with E-state index < -0.39 is 5.63 Å². The Morgan fingerprint density at radius 1 is 1.19 bits per heavy atom. The van der Waals surface area contributed by atoms with Crippen LogP contribution in [0.15, 0.2) is 27.4 Å². The Labute approximate surface area is 181 Å². The summed E-state index contributed by atoms with van der Waals surface area (Å²) < 4.78 is 10.7. The van der Waals surface area contributed by atoms with Crippen LogP contribution in [-0.4, -0.2) is 67.5 Å². The lowest BCUT2D eigenvalue weighted by atomic mass is 10.0. The number of piperazine rings is 1. The maximum absolute atomic E-state index is 12.7. The number of hydrogen-bond acceptors (Lipinski definition) is 6. The molecule has 0 bridgehead atoms. The number of carbonyl (C=O) groups is 2. The standard InChI is InChI=1S/C23H29N3O5/c1-15-18-6-5-17(30-2)13-20(18)31-23(29)19(15)7-8-22(28)26-11-9-25(10-12-26)14-21(27)24-16-3-4-16/h5-6,13,16H,3-4,7-12,14H2,1-2H3,(H,24,27). The molecule has 31 heavy (non-hydrogen) atoms. The van der Waals surface area contributed by atoms with Crippen LogP contribution in [0, 0.1) is 6.92 Å². The highest BCUT2D eigenvalue weighted by molar-refractivity contribution is 5.83. The third-order valence-corrected chi connectivity index (χ3v) is 6.12. The van der Waals surface area contributed by atoms with Gasteiger partial charge in [-0.3, -0.25) is 14.5 Å². The molecule has 8 nitrogen and oxygen atoms in total. The molecule has 0 radical (unpaired) electrons. The minimum Gasteiger partial charge on any atom is -0.497 e. The molecule has 0 unspecified atom stereocenters. The molecule has 2 heterocycles. The zero-order valence-corrected chi connectivity index (χ0v) is 18.1. The van der Waals surface area contributed by atoms with Gasteiger partial charge in [0, 0.05) is 55.7 Å². The average Bonchev–Trinajstić information content (AvgIpc) is 3.57. The topological polar surface area (TPSA) is 92.1 Å². The van der Waals surface area contributed by atoms with E-state index in [-0.39, 0.29) is 18.2 Å². The van der Waals surface area contributed by atoms with E-state index in [1.165, 1.54) is 0 Å². The zero-order valence-electron chi connectivity index (χ0n) is 18.1. The van der Waals surface area contributed by atoms with Gasteiger partial charge in [0.15, 0.2) is 0 Å². The molecule has 1 aliphatic heterocycles. The van der Waals surface area contributed by atoms with Crippen molar-refractivity contribution in [3.8, 4) is 5.75 Å². The number of nitrogens with zero attached hydrogens (tertiary/aromatic N) is 2. The Balaban J connectivity index is 1.32. The molecule has 4 rings (SSSR count). The highest BCUT2D eigenvalue weighted by Gasteiger charge is 2.26. The van der Waals surface area contributed by atoms with Crippen molar-refractivity contribution in [3.05, 3.63) is 39.7 Å². The quantitative estimate of drug-likeness (QED) is 0.673. The molecule has 1 saturated carbocycles. The normalized spacial score (nSPS) is 17.0. The summed E-state index contributed by atoms with van der Waals surface area (Å²) in [5.74, 6) is 0.719. The molecule has 2 aliphatic rings. The van der Waals surface area contributed by atoms with Crippen LogP contribution < -0.4 is 15.7 Å². The monoisotopic (exact) mass is 427 g/mol. The molecule has 8 heteroatoms. The molecule has 2 aromatic rings. The Bertz CT molecular complexity index is 1040. The summed E-state index contributed by atoms with van der Waals surface area (Å²) in [6.45, 7) is 4.84. The van der Waals surface area contributed by atoms with Crippen molar-refractivity contribution in [2.24, 2.45) is 0 Å². The van der Waals surface area contributed by atoms with E-state index in [2.05, 4.69) is 10.2 Å². The number of fused-ring (bicyclic) bond motifs is 1. The van der Waals surface area contributed by atoms with Gasteiger partial charge in [-0.1, -0.05) is 0 Å². The third kappa shape index (κ3) is 5.07. The first-order chi connectivity index (χ1) is 14.9. The van der Waals surface area contributed by atoms with Crippen molar-refractivity contribution in [2.75, 3.05) is 39.8 Å². The van der Waals surface area contributed by atoms with Gasteiger partial charge >= 0.3 is 5.63 Å². The Hall–Kier alpha value is -2.87. The van der Waals surface area contributed by atoms with Crippen LogP contribution in [0.1, 0.15) is 30.4 Å². The number of rotatable bonds is 7. The largest absolute Gasteiger partial charge is 0.497 e. The van der Waals surface area contributed by atoms with Crippen LogP contribution in [0.2, 0.25) is 0 Å². The number of carbonyl (C=O) groups excluding carboxylic acids is 2. The predicted octanol–water partition coefficient (Wildman–Crippen LogP) is 1.47. The number of benzene rings is 1. The molecule has 2 fully saturated rings. The molecule has 166 valence electrons. The van der Waals surface area contributed by atoms with Crippen molar-refractivity contribution in [2.45, 2.75) is 38.6 Å². The third-order valence-electron chi connectivity index (χ3n) is 6.12. The van der Waals surface area contributed by atoms with E-state index >= 15 is 0 Å². The summed E-state index contributed by atoms with van der Waals surface area (Å²) in [6, 6.07) is 5.77. The SMILES string of the molecule is COc1ccc2c(C)c(CCC(=O)N3CCN(CC(=O)NC4CC4)CC3)c(=O)oc2c1. The van der Waals surface area contributed by atoms with Crippen molar-refractivity contribution in [1.29, 1.82) is 0 Å². The highest BCUT2D eigenvalue weighted by Crippen LogP contribution is 2.24. The van der Waals surface area contributed by atoms with Gasteiger partial charge in [-0.2, -0.15) is 0 Å². The van der Waals surface area contributed by atoms with Crippen molar-refractivity contribution < 1.29 is 18.7 Å². The molecule has 1 aromatic heterocycles. The van der Waals surface area contributed by atoms with E-state index in [0.717, 1.165) is 23.8 Å². The van der Waals surface area contributed by atoms with Crippen LogP contribution in [0.4, 0.5) is 0 Å². The first-order valence-electron chi connectivity index (χ1n) is 10.8. The molecular weight excluding hydrogens is 398 g/mol. The van der Waals surface area contributed by atoms with Gasteiger partial charge in [-0.25, -0.2) is 4.79 Å². The molecule has 1 saturated heterocycles. The highest BCUT2D eigenvalue weighted by atomic mass is 16.5. The summed E-state index contributed by atoms with van der Waals surface area (Å²) >= 11 is 0. The smallest absolute Gasteiger partial charge is 0.339 e. The van der Waals surface area contributed by atoms with Gasteiger partial charge < -0.3 is 19.4 Å². The average molecular weight is 428 g/mol. The second-order valence-electron chi connectivity index (χ2n) is 8.35. The first kappa shape index (κ1) is 21.4. The molecule has 1 N–H and O–H groups in total. The fourth-order valence-electron chi connectivity index (χ4n) is 4.04. The molecule has 2 amide bonds. The maximum atomic E-state index is 12.7. The van der Waals surface area contributed by atoms with Gasteiger partial charge in [0.1, 0.15) is 11.3 Å². The van der Waals surface area contributed by atoms with E-state index in [0.29, 0.717) is 62.1 Å². The summed E-state index contributed by atoms with van der Waals surface area (Å²) in [7, 11) is 1.56. The van der Waals surface area contributed by atoms with Crippen LogP contribution in [0.25, 0.3) is 11.0 Å². The lowest BCUT2D eigenvalue weighted by molar-refractivity contribution is -0.133. The van der Waals surface area contributed by atoms with E-state index in [1.807, 2.05) is 24.0 Å². The predicted molar refractivity (Wildman–Crippen MR) is 116 cm³/mol. The summed E-state index contributed by atoms with van der Waals surface area (Å²) in [4.78, 5) is 41.0. The number of methoxy groups -OCH3 is 1. The van der Waals surface area contributed by atoms with Crippen LogP contribution in [-0.2, 0) is 16.0 Å². The zero-order chi connectivity index (χ0) is 22.0. The second-order valence-corrected chi connectivity index (χ2v) is 8.35. The number of nitrogens with one attached hydrogen (secondary N) is 1. The van der Waals surface area contributed by atoms with Gasteiger partial charge in [0.2, 0.25) is 11.8 Å².